The molecule has 0 bridgehead atoms. The lowest BCUT2D eigenvalue weighted by Crippen LogP contribution is -2.29. The molecule has 0 saturated heterocycles. The smallest absolute Gasteiger partial charge is 0.123 e. The van der Waals surface area contributed by atoms with Crippen molar-refractivity contribution >= 4 is 0 Å². The van der Waals surface area contributed by atoms with Crippen molar-refractivity contribution < 1.29 is 14.2 Å². The number of aliphatic hydroxyl groups is 1. The molecule has 102 valence electrons. The topological polar surface area (TPSA) is 32.7 Å². The maximum absolute atomic E-state index is 12.8. The van der Waals surface area contributed by atoms with Crippen LogP contribution in [-0.2, 0) is 4.74 Å². The molecule has 0 amide bonds. The fraction of sp³-hybridized carbons (Fsp3) is 0.571. The standard InChI is InChI=1S/C14H22FNO2/c1-3-16(10-11-18-2)9-8-14(17)12-4-6-13(15)7-5-12/h4-7,14,17H,3,8-11H2,1-2H3. The first-order chi connectivity index (χ1) is 8.67. The largest absolute Gasteiger partial charge is 0.388 e. The van der Waals surface area contributed by atoms with Crippen LogP contribution in [0.15, 0.2) is 24.3 Å². The highest BCUT2D eigenvalue weighted by molar-refractivity contribution is 5.18. The Hall–Kier alpha value is -0.970. The van der Waals surface area contributed by atoms with Crippen LogP contribution in [0.1, 0.15) is 25.0 Å². The number of ether oxygens (including phenoxy) is 1. The first kappa shape index (κ1) is 15.1. The van der Waals surface area contributed by atoms with E-state index in [2.05, 4.69) is 11.8 Å². The first-order valence-electron chi connectivity index (χ1n) is 6.32. The number of rotatable bonds is 8. The second kappa shape index (κ2) is 8.19. The molecule has 0 spiro atoms. The monoisotopic (exact) mass is 255 g/mol. The van der Waals surface area contributed by atoms with Crippen LogP contribution in [0.25, 0.3) is 0 Å². The minimum Gasteiger partial charge on any atom is -0.388 e. The number of halogens is 1. The van der Waals surface area contributed by atoms with Gasteiger partial charge in [-0.2, -0.15) is 0 Å². The highest BCUT2D eigenvalue weighted by Crippen LogP contribution is 2.17. The van der Waals surface area contributed by atoms with E-state index in [-0.39, 0.29) is 5.82 Å². The van der Waals surface area contributed by atoms with Crippen LogP contribution < -0.4 is 0 Å². The van der Waals surface area contributed by atoms with E-state index in [9.17, 15) is 9.50 Å². The van der Waals surface area contributed by atoms with E-state index in [1.54, 1.807) is 19.2 Å². The molecule has 1 rings (SSSR count). The van der Waals surface area contributed by atoms with Gasteiger partial charge in [0.1, 0.15) is 5.82 Å². The molecule has 0 aromatic heterocycles. The maximum Gasteiger partial charge on any atom is 0.123 e. The molecule has 1 aromatic carbocycles. The molecule has 3 nitrogen and oxygen atoms in total. The van der Waals surface area contributed by atoms with Gasteiger partial charge >= 0.3 is 0 Å². The summed E-state index contributed by atoms with van der Waals surface area (Å²) in [4.78, 5) is 2.22. The quantitative estimate of drug-likeness (QED) is 0.773. The minimum atomic E-state index is -0.540. The van der Waals surface area contributed by atoms with Crippen LogP contribution in [0.5, 0.6) is 0 Å². The molecule has 4 heteroatoms. The SMILES string of the molecule is CCN(CCOC)CCC(O)c1ccc(F)cc1. The Morgan fingerprint density at radius 3 is 2.50 bits per heavy atom. The summed E-state index contributed by atoms with van der Waals surface area (Å²) in [6.07, 6.45) is 0.102. The lowest BCUT2D eigenvalue weighted by molar-refractivity contribution is 0.120. The van der Waals surface area contributed by atoms with Crippen molar-refractivity contribution in [2.75, 3.05) is 33.4 Å². The number of methoxy groups -OCH3 is 1. The lowest BCUT2D eigenvalue weighted by Gasteiger charge is -2.21. The fourth-order valence-corrected chi connectivity index (χ4v) is 1.80. The molecule has 0 aliphatic heterocycles. The number of likely N-dealkylation sites (N-methyl/N-ethyl adjacent to an activating group) is 1. The average Bonchev–Trinajstić information content (AvgIpc) is 2.39. The third-order valence-corrected chi connectivity index (χ3v) is 3.03. The molecule has 0 aliphatic carbocycles. The molecule has 1 N–H and O–H groups in total. The van der Waals surface area contributed by atoms with Crippen LogP contribution >= 0.6 is 0 Å². The Labute approximate surface area is 108 Å². The molecule has 18 heavy (non-hydrogen) atoms. The van der Waals surface area contributed by atoms with E-state index < -0.39 is 6.10 Å². The van der Waals surface area contributed by atoms with E-state index in [0.717, 1.165) is 25.2 Å². The summed E-state index contributed by atoms with van der Waals surface area (Å²) >= 11 is 0. The van der Waals surface area contributed by atoms with Gasteiger partial charge in [-0.05, 0) is 30.7 Å². The summed E-state index contributed by atoms with van der Waals surface area (Å²) in [7, 11) is 1.68. The van der Waals surface area contributed by atoms with Crippen molar-refractivity contribution in [3.8, 4) is 0 Å². The van der Waals surface area contributed by atoms with Gasteiger partial charge in [-0.3, -0.25) is 0 Å². The van der Waals surface area contributed by atoms with Crippen LogP contribution in [0, 0.1) is 5.82 Å². The highest BCUT2D eigenvalue weighted by Gasteiger charge is 2.10. The Bertz CT molecular complexity index is 329. The summed E-state index contributed by atoms with van der Waals surface area (Å²) < 4.78 is 17.8. The molecule has 0 fully saturated rings. The van der Waals surface area contributed by atoms with Gasteiger partial charge in [0.25, 0.3) is 0 Å². The van der Waals surface area contributed by atoms with E-state index in [4.69, 9.17) is 4.74 Å². The molecule has 0 aliphatic rings. The van der Waals surface area contributed by atoms with E-state index in [0.29, 0.717) is 13.0 Å². The Balaban J connectivity index is 2.39. The fourth-order valence-electron chi connectivity index (χ4n) is 1.80. The van der Waals surface area contributed by atoms with Crippen molar-refractivity contribution in [1.82, 2.24) is 4.90 Å². The van der Waals surface area contributed by atoms with Crippen LogP contribution in [-0.4, -0.2) is 43.4 Å². The van der Waals surface area contributed by atoms with Crippen molar-refractivity contribution in [2.45, 2.75) is 19.4 Å². The summed E-state index contributed by atoms with van der Waals surface area (Å²) in [6, 6.07) is 6.01. The minimum absolute atomic E-state index is 0.277. The van der Waals surface area contributed by atoms with Crippen molar-refractivity contribution in [3.63, 3.8) is 0 Å². The van der Waals surface area contributed by atoms with Crippen molar-refractivity contribution in [3.05, 3.63) is 35.6 Å². The first-order valence-corrected chi connectivity index (χ1v) is 6.32. The van der Waals surface area contributed by atoms with E-state index in [1.807, 2.05) is 0 Å². The normalized spacial score (nSPS) is 12.9. The molecule has 0 heterocycles. The number of hydrogen-bond donors (Lipinski definition) is 1. The van der Waals surface area contributed by atoms with E-state index in [1.165, 1.54) is 12.1 Å². The zero-order valence-electron chi connectivity index (χ0n) is 11.1. The molecule has 1 aromatic rings. The van der Waals surface area contributed by atoms with Crippen LogP contribution in [0.4, 0.5) is 4.39 Å². The van der Waals surface area contributed by atoms with Gasteiger partial charge in [-0.25, -0.2) is 4.39 Å². The number of aliphatic hydroxyl groups excluding tert-OH is 1. The Kier molecular flexibility index (Phi) is 6.86. The van der Waals surface area contributed by atoms with Gasteiger partial charge in [0.15, 0.2) is 0 Å². The van der Waals surface area contributed by atoms with Gasteiger partial charge in [-0.15, -0.1) is 0 Å². The van der Waals surface area contributed by atoms with E-state index >= 15 is 0 Å². The van der Waals surface area contributed by atoms with Gasteiger partial charge in [0.2, 0.25) is 0 Å². The molecule has 0 saturated carbocycles. The third-order valence-electron chi connectivity index (χ3n) is 3.03. The molecular weight excluding hydrogens is 233 g/mol. The Morgan fingerprint density at radius 1 is 1.28 bits per heavy atom. The molecule has 1 unspecified atom stereocenters. The highest BCUT2D eigenvalue weighted by atomic mass is 19.1. The predicted molar refractivity (Wildman–Crippen MR) is 70.0 cm³/mol. The number of benzene rings is 1. The maximum atomic E-state index is 12.8. The van der Waals surface area contributed by atoms with Gasteiger partial charge in [-0.1, -0.05) is 19.1 Å². The lowest BCUT2D eigenvalue weighted by atomic mass is 10.1. The summed E-state index contributed by atoms with van der Waals surface area (Å²) in [6.45, 7) is 5.38. The molecule has 0 radical (unpaired) electrons. The van der Waals surface area contributed by atoms with Crippen molar-refractivity contribution in [2.24, 2.45) is 0 Å². The van der Waals surface area contributed by atoms with Gasteiger partial charge in [0.05, 0.1) is 12.7 Å². The Morgan fingerprint density at radius 2 is 1.94 bits per heavy atom. The van der Waals surface area contributed by atoms with Crippen LogP contribution in [0.2, 0.25) is 0 Å². The second-order valence-electron chi connectivity index (χ2n) is 4.28. The number of nitrogens with zero attached hydrogens (tertiary/aromatic N) is 1. The summed E-state index contributed by atoms with van der Waals surface area (Å²) in [5.41, 5.74) is 0.763. The van der Waals surface area contributed by atoms with Crippen LogP contribution in [0.3, 0.4) is 0 Å². The zero-order valence-corrected chi connectivity index (χ0v) is 11.1. The molecular formula is C14H22FNO2. The molecule has 1 atom stereocenters. The second-order valence-corrected chi connectivity index (χ2v) is 4.28. The number of hydrogen-bond acceptors (Lipinski definition) is 3. The summed E-state index contributed by atoms with van der Waals surface area (Å²) in [5, 5.41) is 10.0. The summed E-state index contributed by atoms with van der Waals surface area (Å²) in [5.74, 6) is -0.277. The average molecular weight is 255 g/mol. The zero-order chi connectivity index (χ0) is 13.4. The van der Waals surface area contributed by atoms with Crippen molar-refractivity contribution in [1.29, 1.82) is 0 Å². The van der Waals surface area contributed by atoms with Gasteiger partial charge < -0.3 is 14.7 Å². The third kappa shape index (κ3) is 5.12. The van der Waals surface area contributed by atoms with Gasteiger partial charge in [0, 0.05) is 20.2 Å². The predicted octanol–water partition coefficient (Wildman–Crippen LogP) is 2.22.